The van der Waals surface area contributed by atoms with Crippen molar-refractivity contribution in [2.24, 2.45) is 0 Å². The van der Waals surface area contributed by atoms with E-state index in [1.165, 1.54) is 10.3 Å². The molecule has 4 rings (SSSR count). The number of rotatable bonds is 5. The highest BCUT2D eigenvalue weighted by Gasteiger charge is 2.26. The molecule has 0 unspecified atom stereocenters. The van der Waals surface area contributed by atoms with Gasteiger partial charge in [0.15, 0.2) is 5.65 Å². The van der Waals surface area contributed by atoms with Gasteiger partial charge in [-0.25, -0.2) is 22.4 Å². The van der Waals surface area contributed by atoms with E-state index in [0.29, 0.717) is 29.2 Å². The third-order valence-electron chi connectivity index (χ3n) is 6.06. The number of anilines is 1. The van der Waals surface area contributed by atoms with Crippen LogP contribution in [0.4, 0.5) is 5.82 Å². The first-order valence-electron chi connectivity index (χ1n) is 10.4. The average Bonchev–Trinajstić information content (AvgIpc) is 3.06. The molecule has 30 heavy (non-hydrogen) atoms. The maximum atomic E-state index is 13.3. The van der Waals surface area contributed by atoms with Gasteiger partial charge < -0.3 is 10.2 Å². The van der Waals surface area contributed by atoms with Gasteiger partial charge in [0.1, 0.15) is 12.1 Å². The zero-order valence-corrected chi connectivity index (χ0v) is 18.8. The SMILES string of the molecule is Cc1ccc(S(=O)(=O)n2c(C)cc3c(N[C@H]4CC[C@H](N(C)C)CC4)ncnc32)cc1. The number of hydrogen-bond acceptors (Lipinski definition) is 6. The zero-order valence-electron chi connectivity index (χ0n) is 18.0. The van der Waals surface area contributed by atoms with Crippen LogP contribution in [0.1, 0.15) is 36.9 Å². The molecule has 0 aliphatic heterocycles. The van der Waals surface area contributed by atoms with Gasteiger partial charge in [0, 0.05) is 17.8 Å². The molecule has 3 aromatic rings. The van der Waals surface area contributed by atoms with E-state index in [-0.39, 0.29) is 4.90 Å². The lowest BCUT2D eigenvalue weighted by atomic mass is 9.90. The Kier molecular flexibility index (Phi) is 5.55. The number of aryl methyl sites for hydroxylation is 2. The Morgan fingerprint density at radius 1 is 1.03 bits per heavy atom. The van der Waals surface area contributed by atoms with Gasteiger partial charge in [-0.3, -0.25) is 0 Å². The second-order valence-electron chi connectivity index (χ2n) is 8.44. The number of nitrogens with zero attached hydrogens (tertiary/aromatic N) is 4. The van der Waals surface area contributed by atoms with Gasteiger partial charge in [0.05, 0.1) is 10.3 Å². The number of nitrogens with one attached hydrogen (secondary N) is 1. The van der Waals surface area contributed by atoms with Crippen LogP contribution in [0.5, 0.6) is 0 Å². The van der Waals surface area contributed by atoms with Gasteiger partial charge in [-0.15, -0.1) is 0 Å². The first-order valence-corrected chi connectivity index (χ1v) is 11.8. The van der Waals surface area contributed by atoms with Crippen molar-refractivity contribution in [3.63, 3.8) is 0 Å². The molecule has 8 heteroatoms. The maximum absolute atomic E-state index is 13.3. The van der Waals surface area contributed by atoms with Crippen molar-refractivity contribution in [2.45, 2.75) is 56.5 Å². The summed E-state index contributed by atoms with van der Waals surface area (Å²) in [5, 5.41) is 4.28. The summed E-state index contributed by atoms with van der Waals surface area (Å²) >= 11 is 0. The molecule has 0 amide bonds. The predicted molar refractivity (Wildman–Crippen MR) is 119 cm³/mol. The second-order valence-corrected chi connectivity index (χ2v) is 10.2. The minimum Gasteiger partial charge on any atom is -0.367 e. The lowest BCUT2D eigenvalue weighted by Crippen LogP contribution is -2.36. The molecule has 1 aliphatic carbocycles. The number of fused-ring (bicyclic) bond motifs is 1. The van der Waals surface area contributed by atoms with Crippen LogP contribution < -0.4 is 5.32 Å². The fraction of sp³-hybridized carbons (Fsp3) is 0.455. The fourth-order valence-corrected chi connectivity index (χ4v) is 5.78. The Labute approximate surface area is 178 Å². The van der Waals surface area contributed by atoms with E-state index in [9.17, 15) is 8.42 Å². The Balaban J connectivity index is 1.67. The standard InChI is InChI=1S/C22H29N5O2S/c1-15-5-11-19(12-6-15)30(28,29)27-16(2)13-20-21(23-14-24-22(20)27)25-17-7-9-18(10-8-17)26(3)4/h5-6,11-14,17-18H,7-10H2,1-4H3,(H,23,24,25)/t17-,18-. The summed E-state index contributed by atoms with van der Waals surface area (Å²) in [7, 11) is 0.519. The third-order valence-corrected chi connectivity index (χ3v) is 7.87. The van der Waals surface area contributed by atoms with Crippen LogP contribution in [0.25, 0.3) is 11.0 Å². The van der Waals surface area contributed by atoms with Gasteiger partial charge in [-0.1, -0.05) is 17.7 Å². The molecule has 1 aromatic carbocycles. The summed E-state index contributed by atoms with van der Waals surface area (Å²) in [5.41, 5.74) is 2.04. The molecule has 160 valence electrons. The van der Waals surface area contributed by atoms with Crippen molar-refractivity contribution >= 4 is 26.9 Å². The van der Waals surface area contributed by atoms with Crippen molar-refractivity contribution in [3.8, 4) is 0 Å². The molecule has 0 saturated heterocycles. The third kappa shape index (κ3) is 3.81. The number of hydrogen-bond donors (Lipinski definition) is 1. The normalized spacial score (nSPS) is 20.0. The summed E-state index contributed by atoms with van der Waals surface area (Å²) < 4.78 is 28.0. The molecular weight excluding hydrogens is 398 g/mol. The monoisotopic (exact) mass is 427 g/mol. The van der Waals surface area contributed by atoms with E-state index in [0.717, 1.165) is 36.6 Å². The topological polar surface area (TPSA) is 80.1 Å². The molecule has 1 N–H and O–H groups in total. The lowest BCUT2D eigenvalue weighted by Gasteiger charge is -2.33. The molecule has 0 spiro atoms. The van der Waals surface area contributed by atoms with E-state index in [1.807, 2.05) is 13.0 Å². The maximum Gasteiger partial charge on any atom is 0.269 e. The van der Waals surface area contributed by atoms with Crippen LogP contribution in [0.2, 0.25) is 0 Å². The smallest absolute Gasteiger partial charge is 0.269 e. The molecule has 0 atom stereocenters. The van der Waals surface area contributed by atoms with E-state index in [4.69, 9.17) is 0 Å². The van der Waals surface area contributed by atoms with Crippen LogP contribution in [0.3, 0.4) is 0 Å². The minimum absolute atomic E-state index is 0.254. The Bertz CT molecular complexity index is 1140. The molecular formula is C22H29N5O2S. The summed E-state index contributed by atoms with van der Waals surface area (Å²) in [5.74, 6) is 0.703. The van der Waals surface area contributed by atoms with Crippen molar-refractivity contribution < 1.29 is 8.42 Å². The van der Waals surface area contributed by atoms with Crippen LogP contribution >= 0.6 is 0 Å². The highest BCUT2D eigenvalue weighted by atomic mass is 32.2. The van der Waals surface area contributed by atoms with Gasteiger partial charge in [0.25, 0.3) is 10.0 Å². The Hall–Kier alpha value is -2.45. The molecule has 1 fully saturated rings. The molecule has 1 aliphatic rings. The molecule has 7 nitrogen and oxygen atoms in total. The second kappa shape index (κ2) is 8.00. The molecule has 0 bridgehead atoms. The quantitative estimate of drug-likeness (QED) is 0.671. The first-order chi connectivity index (χ1) is 14.3. The van der Waals surface area contributed by atoms with Crippen molar-refractivity contribution in [1.82, 2.24) is 18.8 Å². The van der Waals surface area contributed by atoms with Crippen LogP contribution in [-0.2, 0) is 10.0 Å². The van der Waals surface area contributed by atoms with Crippen molar-refractivity contribution in [2.75, 3.05) is 19.4 Å². The van der Waals surface area contributed by atoms with Crippen LogP contribution in [0.15, 0.2) is 41.6 Å². The number of benzene rings is 1. The van der Waals surface area contributed by atoms with E-state index in [2.05, 4.69) is 34.3 Å². The van der Waals surface area contributed by atoms with Gasteiger partial charge in [-0.05, 0) is 71.8 Å². The highest BCUT2D eigenvalue weighted by Crippen LogP contribution is 2.30. The van der Waals surface area contributed by atoms with Crippen molar-refractivity contribution in [3.05, 3.63) is 47.9 Å². The first kappa shape index (κ1) is 20.8. The molecule has 0 radical (unpaired) electrons. The van der Waals surface area contributed by atoms with Crippen molar-refractivity contribution in [1.29, 1.82) is 0 Å². The fourth-order valence-electron chi connectivity index (χ4n) is 4.28. The van der Waals surface area contributed by atoms with Gasteiger partial charge in [-0.2, -0.15) is 0 Å². The predicted octanol–water partition coefficient (Wildman–Crippen LogP) is 3.57. The van der Waals surface area contributed by atoms with Crippen LogP contribution in [0, 0.1) is 13.8 Å². The van der Waals surface area contributed by atoms with E-state index < -0.39 is 10.0 Å². The molecule has 2 aromatic heterocycles. The average molecular weight is 428 g/mol. The van der Waals surface area contributed by atoms with Crippen LogP contribution in [-0.4, -0.2) is 53.4 Å². The largest absolute Gasteiger partial charge is 0.367 e. The number of aromatic nitrogens is 3. The van der Waals surface area contributed by atoms with E-state index in [1.54, 1.807) is 31.2 Å². The summed E-state index contributed by atoms with van der Waals surface area (Å²) in [4.78, 5) is 11.3. The summed E-state index contributed by atoms with van der Waals surface area (Å²) in [6.45, 7) is 3.73. The minimum atomic E-state index is -3.74. The zero-order chi connectivity index (χ0) is 21.5. The molecule has 1 saturated carbocycles. The highest BCUT2D eigenvalue weighted by molar-refractivity contribution is 7.90. The van der Waals surface area contributed by atoms with E-state index >= 15 is 0 Å². The lowest BCUT2D eigenvalue weighted by molar-refractivity contribution is 0.221. The summed E-state index contributed by atoms with van der Waals surface area (Å²) in [6, 6.07) is 9.70. The van der Waals surface area contributed by atoms with Gasteiger partial charge >= 0.3 is 0 Å². The summed E-state index contributed by atoms with van der Waals surface area (Å²) in [6.07, 6.45) is 5.85. The Morgan fingerprint density at radius 3 is 2.33 bits per heavy atom. The molecule has 2 heterocycles. The van der Waals surface area contributed by atoms with Gasteiger partial charge in [0.2, 0.25) is 0 Å². The Morgan fingerprint density at radius 2 is 1.70 bits per heavy atom.